The Kier molecular flexibility index (Phi) is 5.37. The van der Waals surface area contributed by atoms with Crippen LogP contribution in [-0.2, 0) is 9.59 Å². The van der Waals surface area contributed by atoms with Gasteiger partial charge in [-0.3, -0.25) is 9.59 Å². The summed E-state index contributed by atoms with van der Waals surface area (Å²) in [6.07, 6.45) is 0.797. The van der Waals surface area contributed by atoms with E-state index in [0.717, 1.165) is 24.4 Å². The first-order chi connectivity index (χ1) is 9.86. The summed E-state index contributed by atoms with van der Waals surface area (Å²) in [5, 5.41) is 21.7. The number of hydrogen-bond acceptors (Lipinski definition) is 4. The van der Waals surface area contributed by atoms with Crippen LogP contribution in [0.5, 0.6) is 0 Å². The van der Waals surface area contributed by atoms with Crippen molar-refractivity contribution >= 4 is 17.6 Å². The fourth-order valence-electron chi connectivity index (χ4n) is 1.26. The Bertz CT molecular complexity index is 618. The number of carboxylic acids is 1. The Balaban J connectivity index is 2.88. The summed E-state index contributed by atoms with van der Waals surface area (Å²) in [5.41, 5.74) is -1.05. The Hall–Kier alpha value is -2.95. The molecule has 0 radical (unpaired) electrons. The average Bonchev–Trinajstić information content (AvgIpc) is 2.42. The molecule has 1 aromatic rings. The summed E-state index contributed by atoms with van der Waals surface area (Å²) in [4.78, 5) is 22.2. The van der Waals surface area contributed by atoms with Crippen LogP contribution in [0.3, 0.4) is 0 Å². The van der Waals surface area contributed by atoms with Crippen molar-refractivity contribution in [2.45, 2.75) is 13.0 Å². The predicted octanol–water partition coefficient (Wildman–Crippen LogP) is 1.37. The number of para-hydroxylation sites is 1. The summed E-state index contributed by atoms with van der Waals surface area (Å²) in [6, 6.07) is 3.45. The minimum Gasteiger partial charge on any atom is -0.480 e. The predicted molar refractivity (Wildman–Crippen MR) is 68.9 cm³/mol. The molecule has 1 aromatic carbocycles. The molecule has 3 N–H and O–H groups in total. The van der Waals surface area contributed by atoms with Crippen molar-refractivity contribution < 1.29 is 23.5 Å². The molecule has 0 saturated heterocycles. The third kappa shape index (κ3) is 4.28. The highest BCUT2D eigenvalue weighted by Crippen LogP contribution is 2.18. The fraction of sp³-hybridized carbons (Fsp3) is 0.154. The van der Waals surface area contributed by atoms with Gasteiger partial charge in [-0.2, -0.15) is 5.26 Å². The van der Waals surface area contributed by atoms with Crippen LogP contribution in [0.15, 0.2) is 30.0 Å². The molecule has 0 aromatic heterocycles. The summed E-state index contributed by atoms with van der Waals surface area (Å²) >= 11 is 0. The first-order valence-electron chi connectivity index (χ1n) is 5.71. The number of nitrogens with zero attached hydrogens (tertiary/aromatic N) is 1. The minimum atomic E-state index is -1.28. The third-order valence-electron chi connectivity index (χ3n) is 2.41. The number of anilines is 1. The van der Waals surface area contributed by atoms with Crippen LogP contribution < -0.4 is 10.6 Å². The number of halogens is 2. The summed E-state index contributed by atoms with van der Waals surface area (Å²) < 4.78 is 26.7. The number of carbonyl (C=O) groups is 2. The van der Waals surface area contributed by atoms with E-state index in [0.29, 0.717) is 0 Å². The van der Waals surface area contributed by atoms with E-state index in [4.69, 9.17) is 10.4 Å². The van der Waals surface area contributed by atoms with Crippen LogP contribution in [-0.4, -0.2) is 23.0 Å². The standard InChI is InChI=1S/C13H11F2N3O3/c1-7(13(20)21)18-12(19)8(5-16)6-17-11-9(14)3-2-4-10(11)15/h2-4,6-7,17H,1H3,(H,18,19)(H,20,21)/b8-6-. The van der Waals surface area contributed by atoms with E-state index in [1.165, 1.54) is 13.0 Å². The number of nitriles is 1. The maximum atomic E-state index is 13.3. The van der Waals surface area contributed by atoms with E-state index in [-0.39, 0.29) is 0 Å². The largest absolute Gasteiger partial charge is 0.480 e. The second-order valence-electron chi connectivity index (χ2n) is 3.94. The highest BCUT2D eigenvalue weighted by molar-refractivity contribution is 5.99. The molecule has 0 aliphatic carbocycles. The van der Waals surface area contributed by atoms with Gasteiger partial charge in [0.1, 0.15) is 35.0 Å². The van der Waals surface area contributed by atoms with Crippen molar-refractivity contribution in [2.24, 2.45) is 0 Å². The quantitative estimate of drug-likeness (QED) is 0.562. The highest BCUT2D eigenvalue weighted by Gasteiger charge is 2.17. The number of nitrogens with one attached hydrogen (secondary N) is 2. The number of hydrogen-bond donors (Lipinski definition) is 3. The monoisotopic (exact) mass is 295 g/mol. The van der Waals surface area contributed by atoms with Crippen molar-refractivity contribution in [3.05, 3.63) is 41.6 Å². The molecular formula is C13H11F2N3O3. The molecule has 1 amide bonds. The molecule has 0 saturated carbocycles. The molecule has 8 heteroatoms. The first-order valence-corrected chi connectivity index (χ1v) is 5.71. The zero-order valence-electron chi connectivity index (χ0n) is 10.9. The molecule has 1 atom stereocenters. The maximum absolute atomic E-state index is 13.3. The molecule has 110 valence electrons. The van der Waals surface area contributed by atoms with Gasteiger partial charge in [0.2, 0.25) is 0 Å². The summed E-state index contributed by atoms with van der Waals surface area (Å²) in [6.45, 7) is 1.21. The van der Waals surface area contributed by atoms with Gasteiger partial charge in [-0.15, -0.1) is 0 Å². The van der Waals surface area contributed by atoms with Crippen LogP contribution in [0.25, 0.3) is 0 Å². The van der Waals surface area contributed by atoms with Crippen LogP contribution in [0.2, 0.25) is 0 Å². The van der Waals surface area contributed by atoms with Gasteiger partial charge in [-0.1, -0.05) is 6.07 Å². The van der Waals surface area contributed by atoms with E-state index in [1.54, 1.807) is 0 Å². The van der Waals surface area contributed by atoms with Gasteiger partial charge in [-0.25, -0.2) is 8.78 Å². The SMILES string of the molecule is CC(NC(=O)/C(C#N)=C\Nc1c(F)cccc1F)C(=O)O. The van der Waals surface area contributed by atoms with Gasteiger partial charge in [0, 0.05) is 6.20 Å². The molecule has 6 nitrogen and oxygen atoms in total. The molecular weight excluding hydrogens is 284 g/mol. The average molecular weight is 295 g/mol. The van der Waals surface area contributed by atoms with Crippen LogP contribution >= 0.6 is 0 Å². The highest BCUT2D eigenvalue weighted by atomic mass is 19.1. The summed E-state index contributed by atoms with van der Waals surface area (Å²) in [7, 11) is 0. The molecule has 0 spiro atoms. The van der Waals surface area contributed by atoms with E-state index in [9.17, 15) is 18.4 Å². The van der Waals surface area contributed by atoms with E-state index in [2.05, 4.69) is 5.32 Å². The number of aliphatic carboxylic acids is 1. The van der Waals surface area contributed by atoms with Gasteiger partial charge in [0.15, 0.2) is 0 Å². The van der Waals surface area contributed by atoms with E-state index in [1.807, 2.05) is 5.32 Å². The van der Waals surface area contributed by atoms with E-state index >= 15 is 0 Å². The number of rotatable bonds is 5. The van der Waals surface area contributed by atoms with Crippen molar-refractivity contribution in [1.29, 1.82) is 5.26 Å². The van der Waals surface area contributed by atoms with Gasteiger partial charge < -0.3 is 15.7 Å². The number of amides is 1. The lowest BCUT2D eigenvalue weighted by molar-refractivity contribution is -0.140. The van der Waals surface area contributed by atoms with Crippen LogP contribution in [0.1, 0.15) is 6.92 Å². The molecule has 0 fully saturated rings. The Morgan fingerprint density at radius 1 is 1.38 bits per heavy atom. The number of carbonyl (C=O) groups excluding carboxylic acids is 1. The zero-order chi connectivity index (χ0) is 16.0. The second kappa shape index (κ2) is 7.00. The lowest BCUT2D eigenvalue weighted by Crippen LogP contribution is -2.39. The molecule has 21 heavy (non-hydrogen) atoms. The summed E-state index contributed by atoms with van der Waals surface area (Å²) in [5.74, 6) is -4.06. The van der Waals surface area contributed by atoms with E-state index < -0.39 is 40.8 Å². The Morgan fingerprint density at radius 3 is 2.43 bits per heavy atom. The van der Waals surface area contributed by atoms with Crippen LogP contribution in [0.4, 0.5) is 14.5 Å². The molecule has 0 aliphatic heterocycles. The lowest BCUT2D eigenvalue weighted by Gasteiger charge is -2.09. The maximum Gasteiger partial charge on any atom is 0.325 e. The molecule has 1 unspecified atom stereocenters. The van der Waals surface area contributed by atoms with Crippen molar-refractivity contribution in [1.82, 2.24) is 5.32 Å². The normalized spacial score (nSPS) is 12.2. The van der Waals surface area contributed by atoms with Gasteiger partial charge >= 0.3 is 5.97 Å². The molecule has 0 heterocycles. The topological polar surface area (TPSA) is 102 Å². The van der Waals surface area contributed by atoms with Crippen molar-refractivity contribution in [3.8, 4) is 6.07 Å². The molecule has 0 bridgehead atoms. The van der Waals surface area contributed by atoms with Crippen molar-refractivity contribution in [2.75, 3.05) is 5.32 Å². The number of benzene rings is 1. The van der Waals surface area contributed by atoms with Crippen molar-refractivity contribution in [3.63, 3.8) is 0 Å². The zero-order valence-corrected chi connectivity index (χ0v) is 10.9. The Morgan fingerprint density at radius 2 is 1.95 bits per heavy atom. The smallest absolute Gasteiger partial charge is 0.325 e. The number of carboxylic acid groups (broad SMARTS) is 1. The lowest BCUT2D eigenvalue weighted by atomic mass is 10.2. The van der Waals surface area contributed by atoms with Gasteiger partial charge in [0.25, 0.3) is 5.91 Å². The molecule has 0 aliphatic rings. The fourth-order valence-corrected chi connectivity index (χ4v) is 1.26. The molecule has 1 rings (SSSR count). The third-order valence-corrected chi connectivity index (χ3v) is 2.41. The first kappa shape index (κ1) is 16.1. The Labute approximate surface area is 118 Å². The van der Waals surface area contributed by atoms with Gasteiger partial charge in [-0.05, 0) is 19.1 Å². The minimum absolute atomic E-state index is 0.522. The second-order valence-corrected chi connectivity index (χ2v) is 3.94. The van der Waals surface area contributed by atoms with Crippen LogP contribution in [0, 0.1) is 23.0 Å². The van der Waals surface area contributed by atoms with Gasteiger partial charge in [0.05, 0.1) is 0 Å².